The molecule has 1 amide bonds. The van der Waals surface area contributed by atoms with Gasteiger partial charge in [0.2, 0.25) is 5.91 Å². The number of aryl methyl sites for hydroxylation is 1. The molecule has 4 aromatic rings. The standard InChI is InChI=1S/C25H28N8O4/c1-13-4-5-28-15(6-13)10-29-23-19-24(32-22(31-23)14-7-16(37-3)11-27-9-14)33(12-30-19)18-8-17(25(36)26-2)20(34)21(18)35/h4-7,9,11-12,17-18,20-21,34-35H,8,10H2,1-3H3,(H,26,36)(H,29,31,32)/t17-,18+,20+,21-/m0/s1. The first-order valence-electron chi connectivity index (χ1n) is 11.9. The Bertz CT molecular complexity index is 1440. The fourth-order valence-corrected chi connectivity index (χ4v) is 4.66. The minimum absolute atomic E-state index is 0.226. The van der Waals surface area contributed by atoms with Crippen LogP contribution in [-0.4, -0.2) is 72.0 Å². The molecule has 1 saturated carbocycles. The van der Waals surface area contributed by atoms with Crippen molar-refractivity contribution in [2.45, 2.75) is 38.1 Å². The number of anilines is 1. The normalized spacial score (nSPS) is 21.2. The minimum atomic E-state index is -1.21. The molecule has 4 atom stereocenters. The van der Waals surface area contributed by atoms with Gasteiger partial charge in [-0.1, -0.05) is 0 Å². The van der Waals surface area contributed by atoms with E-state index < -0.39 is 24.2 Å². The quantitative estimate of drug-likeness (QED) is 0.288. The Morgan fingerprint density at radius 3 is 2.78 bits per heavy atom. The number of fused-ring (bicyclic) bond motifs is 1. The molecule has 1 aliphatic rings. The first-order valence-corrected chi connectivity index (χ1v) is 11.9. The number of methoxy groups -OCH3 is 1. The summed E-state index contributed by atoms with van der Waals surface area (Å²) in [7, 11) is 3.06. The second-order valence-electron chi connectivity index (χ2n) is 9.02. The second kappa shape index (κ2) is 10.1. The zero-order valence-corrected chi connectivity index (χ0v) is 20.7. The van der Waals surface area contributed by atoms with E-state index in [1.54, 1.807) is 42.7 Å². The number of ether oxygens (including phenoxy) is 1. The predicted molar refractivity (Wildman–Crippen MR) is 135 cm³/mol. The Kier molecular flexibility index (Phi) is 6.68. The molecule has 4 aromatic heterocycles. The van der Waals surface area contributed by atoms with Gasteiger partial charge in [-0.25, -0.2) is 15.0 Å². The average molecular weight is 505 g/mol. The molecule has 37 heavy (non-hydrogen) atoms. The highest BCUT2D eigenvalue weighted by molar-refractivity contribution is 5.85. The van der Waals surface area contributed by atoms with Crippen molar-refractivity contribution in [1.82, 2.24) is 34.8 Å². The van der Waals surface area contributed by atoms with E-state index in [4.69, 9.17) is 14.7 Å². The van der Waals surface area contributed by atoms with E-state index in [1.807, 2.05) is 19.1 Å². The van der Waals surface area contributed by atoms with Gasteiger partial charge in [-0.3, -0.25) is 14.8 Å². The van der Waals surface area contributed by atoms with Gasteiger partial charge in [0.25, 0.3) is 0 Å². The number of amides is 1. The molecule has 5 rings (SSSR count). The highest BCUT2D eigenvalue weighted by atomic mass is 16.5. The summed E-state index contributed by atoms with van der Waals surface area (Å²) >= 11 is 0. The number of carbonyl (C=O) groups excluding carboxylic acids is 1. The maximum Gasteiger partial charge on any atom is 0.225 e. The maximum atomic E-state index is 12.3. The molecule has 0 aromatic carbocycles. The zero-order chi connectivity index (χ0) is 26.1. The van der Waals surface area contributed by atoms with Gasteiger partial charge < -0.3 is 30.2 Å². The van der Waals surface area contributed by atoms with Gasteiger partial charge in [0.05, 0.1) is 49.9 Å². The van der Waals surface area contributed by atoms with Crippen molar-refractivity contribution < 1.29 is 19.7 Å². The lowest BCUT2D eigenvalue weighted by molar-refractivity contribution is -0.128. The summed E-state index contributed by atoms with van der Waals surface area (Å²) in [6, 6.07) is 5.07. The van der Waals surface area contributed by atoms with Crippen molar-refractivity contribution in [3.63, 3.8) is 0 Å². The van der Waals surface area contributed by atoms with E-state index in [-0.39, 0.29) is 12.3 Å². The number of carbonyl (C=O) groups is 1. The lowest BCUT2D eigenvalue weighted by Gasteiger charge is -2.18. The molecule has 4 heterocycles. The number of hydrogen-bond donors (Lipinski definition) is 4. The van der Waals surface area contributed by atoms with Crippen molar-refractivity contribution >= 4 is 22.9 Å². The number of aliphatic hydroxyl groups excluding tert-OH is 2. The number of nitrogens with one attached hydrogen (secondary N) is 2. The number of aromatic nitrogens is 6. The number of pyridine rings is 2. The Morgan fingerprint density at radius 1 is 1.19 bits per heavy atom. The molecule has 12 nitrogen and oxygen atoms in total. The smallest absolute Gasteiger partial charge is 0.225 e. The molecule has 0 bridgehead atoms. The molecular weight excluding hydrogens is 476 g/mol. The molecular formula is C25H28N8O4. The third-order valence-corrected chi connectivity index (χ3v) is 6.63. The zero-order valence-electron chi connectivity index (χ0n) is 20.7. The summed E-state index contributed by atoms with van der Waals surface area (Å²) in [6.07, 6.45) is 4.36. The van der Waals surface area contributed by atoms with E-state index in [2.05, 4.69) is 25.6 Å². The molecule has 4 N–H and O–H groups in total. The van der Waals surface area contributed by atoms with Gasteiger partial charge >= 0.3 is 0 Å². The van der Waals surface area contributed by atoms with Crippen LogP contribution in [0.15, 0.2) is 43.1 Å². The van der Waals surface area contributed by atoms with Crippen LogP contribution in [0.1, 0.15) is 23.7 Å². The predicted octanol–water partition coefficient (Wildman–Crippen LogP) is 1.24. The molecule has 1 aliphatic carbocycles. The molecule has 192 valence electrons. The van der Waals surface area contributed by atoms with Crippen LogP contribution in [0.5, 0.6) is 5.75 Å². The lowest BCUT2D eigenvalue weighted by Crippen LogP contribution is -2.36. The van der Waals surface area contributed by atoms with Gasteiger partial charge in [-0.05, 0) is 37.1 Å². The summed E-state index contributed by atoms with van der Waals surface area (Å²) in [5, 5.41) is 27.3. The van der Waals surface area contributed by atoms with Gasteiger partial charge in [0, 0.05) is 25.0 Å². The van der Waals surface area contributed by atoms with Crippen LogP contribution in [0, 0.1) is 12.8 Å². The van der Waals surface area contributed by atoms with Gasteiger partial charge in [-0.2, -0.15) is 0 Å². The highest BCUT2D eigenvalue weighted by Gasteiger charge is 2.46. The van der Waals surface area contributed by atoms with Crippen molar-refractivity contribution in [1.29, 1.82) is 0 Å². The van der Waals surface area contributed by atoms with Crippen LogP contribution in [-0.2, 0) is 11.3 Å². The summed E-state index contributed by atoms with van der Waals surface area (Å²) in [5.41, 5.74) is 3.48. The molecule has 1 fully saturated rings. The Labute approximate surface area is 212 Å². The highest BCUT2D eigenvalue weighted by Crippen LogP contribution is 2.38. The topological polar surface area (TPSA) is 160 Å². The average Bonchev–Trinajstić information content (AvgIpc) is 3.47. The van der Waals surface area contributed by atoms with Crippen LogP contribution in [0.2, 0.25) is 0 Å². The summed E-state index contributed by atoms with van der Waals surface area (Å²) < 4.78 is 7.01. The van der Waals surface area contributed by atoms with E-state index in [1.165, 1.54) is 7.05 Å². The molecule has 12 heteroatoms. The number of hydrogen-bond acceptors (Lipinski definition) is 10. The van der Waals surface area contributed by atoms with Crippen LogP contribution in [0.25, 0.3) is 22.6 Å². The van der Waals surface area contributed by atoms with Crippen LogP contribution in [0.3, 0.4) is 0 Å². The summed E-state index contributed by atoms with van der Waals surface area (Å²) in [5.74, 6) is 0.313. The van der Waals surface area contributed by atoms with Gasteiger partial charge in [0.1, 0.15) is 17.4 Å². The monoisotopic (exact) mass is 504 g/mol. The van der Waals surface area contributed by atoms with Crippen molar-refractivity contribution in [2.75, 3.05) is 19.5 Å². The van der Waals surface area contributed by atoms with Crippen LogP contribution >= 0.6 is 0 Å². The summed E-state index contributed by atoms with van der Waals surface area (Å²) in [6.45, 7) is 2.40. The van der Waals surface area contributed by atoms with Gasteiger partial charge in [0.15, 0.2) is 17.3 Å². The SMILES string of the molecule is CNC(=O)[C@H]1C[C@@H](n2cnc3c(NCc4cc(C)ccn4)nc(-c4cncc(OC)c4)nc32)[C@H](O)[C@@H]1O. The fraction of sp³-hybridized carbons (Fsp3) is 0.360. The van der Waals surface area contributed by atoms with Gasteiger partial charge in [-0.15, -0.1) is 0 Å². The number of imidazole rings is 1. The third kappa shape index (κ3) is 4.68. The third-order valence-electron chi connectivity index (χ3n) is 6.63. The van der Waals surface area contributed by atoms with Crippen molar-refractivity contribution in [3.8, 4) is 17.1 Å². The van der Waals surface area contributed by atoms with E-state index in [0.29, 0.717) is 40.7 Å². The maximum absolute atomic E-state index is 12.3. The molecule has 0 saturated heterocycles. The van der Waals surface area contributed by atoms with Crippen molar-refractivity contribution in [3.05, 3.63) is 54.4 Å². The van der Waals surface area contributed by atoms with Crippen LogP contribution < -0.4 is 15.4 Å². The van der Waals surface area contributed by atoms with E-state index in [0.717, 1.165) is 11.3 Å². The first kappa shape index (κ1) is 24.5. The molecule has 0 radical (unpaired) electrons. The number of rotatable bonds is 7. The minimum Gasteiger partial charge on any atom is -0.495 e. The largest absolute Gasteiger partial charge is 0.495 e. The van der Waals surface area contributed by atoms with Crippen molar-refractivity contribution in [2.24, 2.45) is 5.92 Å². The Morgan fingerprint density at radius 2 is 2.03 bits per heavy atom. The molecule has 0 aliphatic heterocycles. The fourth-order valence-electron chi connectivity index (χ4n) is 4.66. The lowest BCUT2D eigenvalue weighted by atomic mass is 10.1. The Balaban J connectivity index is 1.59. The van der Waals surface area contributed by atoms with E-state index >= 15 is 0 Å². The van der Waals surface area contributed by atoms with Crippen LogP contribution in [0.4, 0.5) is 5.82 Å². The Hall–Kier alpha value is -4.16. The second-order valence-corrected chi connectivity index (χ2v) is 9.02. The molecule has 0 spiro atoms. The molecule has 0 unspecified atom stereocenters. The first-order chi connectivity index (χ1) is 17.9. The number of aliphatic hydroxyl groups is 2. The van der Waals surface area contributed by atoms with E-state index in [9.17, 15) is 15.0 Å². The summed E-state index contributed by atoms with van der Waals surface area (Å²) in [4.78, 5) is 34.9. The number of nitrogens with zero attached hydrogens (tertiary/aromatic N) is 6.